The Labute approximate surface area is 130 Å². The summed E-state index contributed by atoms with van der Waals surface area (Å²) >= 11 is 1.43. The van der Waals surface area contributed by atoms with Crippen LogP contribution in [-0.4, -0.2) is 35.8 Å². The van der Waals surface area contributed by atoms with Crippen molar-refractivity contribution in [3.63, 3.8) is 0 Å². The van der Waals surface area contributed by atoms with Crippen LogP contribution in [0.4, 0.5) is 8.78 Å². The normalized spacial score (nSPS) is 17.6. The predicted octanol–water partition coefficient (Wildman–Crippen LogP) is 2.31. The van der Waals surface area contributed by atoms with Crippen LogP contribution in [-0.2, 0) is 9.53 Å². The molecule has 1 aromatic rings. The molecule has 0 spiro atoms. The van der Waals surface area contributed by atoms with Crippen molar-refractivity contribution in [2.45, 2.75) is 19.4 Å². The third-order valence-corrected chi connectivity index (χ3v) is 3.76. The molecule has 0 aromatic heterocycles. The Morgan fingerprint density at radius 2 is 2.36 bits per heavy atom. The second-order valence-electron chi connectivity index (χ2n) is 4.45. The average Bonchev–Trinajstić information content (AvgIpc) is 2.90. The van der Waals surface area contributed by atoms with E-state index in [0.717, 1.165) is 12.1 Å². The number of nitrogens with zero attached hydrogens (tertiary/aromatic N) is 2. The molecule has 1 atom stereocenters. The van der Waals surface area contributed by atoms with Gasteiger partial charge in [-0.15, -0.1) is 0 Å². The van der Waals surface area contributed by atoms with Gasteiger partial charge >= 0.3 is 5.97 Å². The molecule has 1 aromatic carbocycles. The van der Waals surface area contributed by atoms with E-state index in [1.54, 1.807) is 6.92 Å². The van der Waals surface area contributed by atoms with Gasteiger partial charge in [0.1, 0.15) is 0 Å². The zero-order valence-electron chi connectivity index (χ0n) is 11.9. The molecule has 22 heavy (non-hydrogen) atoms. The van der Waals surface area contributed by atoms with Gasteiger partial charge in [0.05, 0.1) is 25.3 Å². The van der Waals surface area contributed by atoms with E-state index in [1.165, 1.54) is 24.0 Å². The maximum absolute atomic E-state index is 13.0. The molecule has 1 N–H and O–H groups in total. The van der Waals surface area contributed by atoms with Gasteiger partial charge in [-0.05, 0) is 24.6 Å². The molecule has 1 aliphatic rings. The molecular formula is C14H15F2N3O2S. The smallest absolute Gasteiger partial charge is 0.307 e. The summed E-state index contributed by atoms with van der Waals surface area (Å²) in [5.41, 5.74) is 3.14. The maximum atomic E-state index is 13.0. The molecular weight excluding hydrogens is 312 g/mol. The predicted molar refractivity (Wildman–Crippen MR) is 82.0 cm³/mol. The molecule has 2 rings (SSSR count). The van der Waals surface area contributed by atoms with Crippen LogP contribution in [0.3, 0.4) is 0 Å². The number of rotatable bonds is 5. The molecule has 0 aliphatic carbocycles. The molecule has 8 heteroatoms. The Balaban J connectivity index is 1.85. The summed E-state index contributed by atoms with van der Waals surface area (Å²) in [6, 6.07) is 3.36. The number of hydrazone groups is 1. The topological polar surface area (TPSA) is 63.0 Å². The first-order chi connectivity index (χ1) is 10.6. The number of carbonyl (C=O) groups excluding carboxylic acids is 1. The highest BCUT2D eigenvalue weighted by Crippen LogP contribution is 2.19. The number of thioether (sulfide) groups is 1. The van der Waals surface area contributed by atoms with Crippen LogP contribution in [0.2, 0.25) is 0 Å². The largest absolute Gasteiger partial charge is 0.466 e. The summed E-state index contributed by atoms with van der Waals surface area (Å²) in [5.74, 6) is -1.43. The van der Waals surface area contributed by atoms with E-state index in [0.29, 0.717) is 23.1 Å². The number of carbonyl (C=O) groups is 1. The number of hydrogen-bond acceptors (Lipinski definition) is 6. The molecule has 0 fully saturated rings. The van der Waals surface area contributed by atoms with Crippen molar-refractivity contribution >= 4 is 29.1 Å². The van der Waals surface area contributed by atoms with Gasteiger partial charge in [-0.3, -0.25) is 15.2 Å². The minimum absolute atomic E-state index is 0.134. The van der Waals surface area contributed by atoms with E-state index in [-0.39, 0.29) is 18.4 Å². The lowest BCUT2D eigenvalue weighted by Crippen LogP contribution is -2.15. The van der Waals surface area contributed by atoms with Crippen LogP contribution in [0, 0.1) is 11.6 Å². The highest BCUT2D eigenvalue weighted by atomic mass is 32.2. The molecule has 0 saturated carbocycles. The fourth-order valence-corrected chi connectivity index (χ4v) is 2.63. The lowest BCUT2D eigenvalue weighted by molar-refractivity contribution is -0.143. The Bertz CT molecular complexity index is 608. The van der Waals surface area contributed by atoms with E-state index < -0.39 is 11.6 Å². The fraction of sp³-hybridized carbons (Fsp3) is 0.357. The number of esters is 1. The second kappa shape index (κ2) is 7.88. The van der Waals surface area contributed by atoms with Crippen molar-refractivity contribution in [3.05, 3.63) is 35.4 Å². The molecule has 1 heterocycles. The first kappa shape index (κ1) is 16.4. The van der Waals surface area contributed by atoms with Crippen LogP contribution in [0.25, 0.3) is 0 Å². The highest BCUT2D eigenvalue weighted by molar-refractivity contribution is 8.14. The van der Waals surface area contributed by atoms with Crippen LogP contribution >= 0.6 is 11.8 Å². The Hall–Kier alpha value is -1.96. The van der Waals surface area contributed by atoms with Crippen molar-refractivity contribution in [1.82, 2.24) is 5.43 Å². The molecule has 0 amide bonds. The SMILES string of the molecule is CCOC(=O)CC1CSC(N/N=C/c2ccc(F)c(F)c2)=N1. The van der Waals surface area contributed by atoms with Crippen molar-refractivity contribution in [1.29, 1.82) is 0 Å². The first-order valence-electron chi connectivity index (χ1n) is 6.69. The van der Waals surface area contributed by atoms with E-state index in [1.807, 2.05) is 0 Å². The summed E-state index contributed by atoms with van der Waals surface area (Å²) in [6.45, 7) is 2.11. The number of amidine groups is 1. The lowest BCUT2D eigenvalue weighted by Gasteiger charge is -2.04. The minimum Gasteiger partial charge on any atom is -0.466 e. The zero-order valence-corrected chi connectivity index (χ0v) is 12.7. The van der Waals surface area contributed by atoms with Gasteiger partial charge in [0.25, 0.3) is 0 Å². The van der Waals surface area contributed by atoms with E-state index in [4.69, 9.17) is 4.74 Å². The Morgan fingerprint density at radius 1 is 1.55 bits per heavy atom. The third-order valence-electron chi connectivity index (χ3n) is 2.74. The molecule has 1 unspecified atom stereocenters. The summed E-state index contributed by atoms with van der Waals surface area (Å²) in [5, 5.41) is 4.49. The third kappa shape index (κ3) is 4.80. The zero-order chi connectivity index (χ0) is 15.9. The van der Waals surface area contributed by atoms with Gasteiger partial charge in [0.2, 0.25) is 0 Å². The first-order valence-corrected chi connectivity index (χ1v) is 7.67. The monoisotopic (exact) mass is 327 g/mol. The standard InChI is InChI=1S/C14H15F2N3O2S/c1-2-21-13(20)6-10-8-22-14(18-10)19-17-7-9-3-4-11(15)12(16)5-9/h3-5,7,10H,2,6,8H2,1H3,(H,18,19)/b17-7+. The minimum atomic E-state index is -0.925. The fourth-order valence-electron chi connectivity index (χ4n) is 1.75. The van der Waals surface area contributed by atoms with Gasteiger partial charge in [-0.25, -0.2) is 8.78 Å². The van der Waals surface area contributed by atoms with Gasteiger partial charge in [-0.1, -0.05) is 17.8 Å². The summed E-state index contributed by atoms with van der Waals surface area (Å²) in [4.78, 5) is 15.6. The molecule has 5 nitrogen and oxygen atoms in total. The van der Waals surface area contributed by atoms with Gasteiger partial charge in [0, 0.05) is 5.75 Å². The van der Waals surface area contributed by atoms with Crippen molar-refractivity contribution in [3.8, 4) is 0 Å². The number of aliphatic imine (C=N–C) groups is 1. The van der Waals surface area contributed by atoms with Crippen LogP contribution in [0.1, 0.15) is 18.9 Å². The summed E-state index contributed by atoms with van der Waals surface area (Å²) in [7, 11) is 0. The number of ether oxygens (including phenoxy) is 1. The van der Waals surface area contributed by atoms with Crippen LogP contribution < -0.4 is 5.43 Å². The molecule has 0 radical (unpaired) electrons. The molecule has 118 valence electrons. The van der Waals surface area contributed by atoms with Crippen LogP contribution in [0.5, 0.6) is 0 Å². The lowest BCUT2D eigenvalue weighted by atomic mass is 10.2. The van der Waals surface area contributed by atoms with E-state index >= 15 is 0 Å². The summed E-state index contributed by atoms with van der Waals surface area (Å²) in [6.07, 6.45) is 1.60. The quantitative estimate of drug-likeness (QED) is 0.512. The number of hydrogen-bond donors (Lipinski definition) is 1. The van der Waals surface area contributed by atoms with Gasteiger partial charge < -0.3 is 4.74 Å². The number of halogens is 2. The van der Waals surface area contributed by atoms with Crippen LogP contribution in [0.15, 0.2) is 28.3 Å². The molecule has 0 bridgehead atoms. The van der Waals surface area contributed by atoms with Gasteiger partial charge in [0.15, 0.2) is 16.8 Å². The highest BCUT2D eigenvalue weighted by Gasteiger charge is 2.21. The Kier molecular flexibility index (Phi) is 5.88. The van der Waals surface area contributed by atoms with E-state index in [9.17, 15) is 13.6 Å². The summed E-state index contributed by atoms with van der Waals surface area (Å²) < 4.78 is 30.7. The van der Waals surface area contributed by atoms with Crippen molar-refractivity contribution < 1.29 is 18.3 Å². The van der Waals surface area contributed by atoms with E-state index in [2.05, 4.69) is 15.5 Å². The molecule has 1 aliphatic heterocycles. The average molecular weight is 327 g/mol. The second-order valence-corrected chi connectivity index (χ2v) is 5.46. The van der Waals surface area contributed by atoms with Crippen molar-refractivity contribution in [2.24, 2.45) is 10.1 Å². The number of benzene rings is 1. The van der Waals surface area contributed by atoms with Gasteiger partial charge in [-0.2, -0.15) is 5.10 Å². The molecule has 0 saturated heterocycles. The maximum Gasteiger partial charge on any atom is 0.307 e. The number of nitrogens with one attached hydrogen (secondary N) is 1. The van der Waals surface area contributed by atoms with Crippen molar-refractivity contribution in [2.75, 3.05) is 12.4 Å². The Morgan fingerprint density at radius 3 is 3.09 bits per heavy atom.